The molecule has 0 saturated heterocycles. The van der Waals surface area contributed by atoms with E-state index in [1.807, 2.05) is 42.5 Å². The van der Waals surface area contributed by atoms with Crippen molar-refractivity contribution >= 4 is 43.9 Å². The lowest BCUT2D eigenvalue weighted by Crippen LogP contribution is -1.97. The van der Waals surface area contributed by atoms with Gasteiger partial charge < -0.3 is 8.83 Å². The Morgan fingerprint density at radius 1 is 0.250 bits per heavy atom. The number of furan rings is 2. The number of hydrogen-bond donors (Lipinski definition) is 0. The van der Waals surface area contributed by atoms with Gasteiger partial charge in [0, 0.05) is 38.2 Å². The van der Waals surface area contributed by atoms with Crippen LogP contribution in [-0.4, -0.2) is 9.97 Å². The van der Waals surface area contributed by atoms with Gasteiger partial charge in [0.05, 0.1) is 11.4 Å². The molecule has 4 heteroatoms. The van der Waals surface area contributed by atoms with Gasteiger partial charge in [0.15, 0.2) is 5.82 Å². The Kier molecular flexibility index (Phi) is 7.46. The number of para-hydroxylation sites is 2. The summed E-state index contributed by atoms with van der Waals surface area (Å²) in [7, 11) is 0. The van der Waals surface area contributed by atoms with E-state index in [0.717, 1.165) is 105 Å². The van der Waals surface area contributed by atoms with Gasteiger partial charge >= 0.3 is 0 Å². The summed E-state index contributed by atoms with van der Waals surface area (Å²) in [5.74, 6) is 0.646. The molecule has 0 unspecified atom stereocenters. The molecule has 0 amide bonds. The van der Waals surface area contributed by atoms with Crippen LogP contribution in [0.3, 0.4) is 0 Å². The molecular formula is C52H32N2O2. The highest BCUT2D eigenvalue weighted by molar-refractivity contribution is 6.07. The molecule has 0 atom stereocenters. The van der Waals surface area contributed by atoms with Crippen LogP contribution in [0.2, 0.25) is 0 Å². The number of benzene rings is 8. The fourth-order valence-corrected chi connectivity index (χ4v) is 7.87. The smallest absolute Gasteiger partial charge is 0.160 e. The number of fused-ring (bicyclic) bond motifs is 6. The Morgan fingerprint density at radius 2 is 0.679 bits per heavy atom. The molecule has 0 aliphatic carbocycles. The van der Waals surface area contributed by atoms with E-state index in [4.69, 9.17) is 18.8 Å². The molecule has 0 N–H and O–H groups in total. The van der Waals surface area contributed by atoms with Gasteiger partial charge in [-0.05, 0) is 106 Å². The van der Waals surface area contributed by atoms with E-state index in [0.29, 0.717) is 5.82 Å². The van der Waals surface area contributed by atoms with Gasteiger partial charge in [0.2, 0.25) is 0 Å². The summed E-state index contributed by atoms with van der Waals surface area (Å²) >= 11 is 0. The molecule has 8 aromatic carbocycles. The molecule has 0 aliphatic heterocycles. The van der Waals surface area contributed by atoms with Crippen molar-refractivity contribution in [2.45, 2.75) is 0 Å². The minimum atomic E-state index is 0.646. The lowest BCUT2D eigenvalue weighted by molar-refractivity contribution is 0.668. The monoisotopic (exact) mass is 716 g/mol. The Bertz CT molecular complexity index is 3250. The number of hydrogen-bond acceptors (Lipinski definition) is 4. The second kappa shape index (κ2) is 13.1. The van der Waals surface area contributed by atoms with Gasteiger partial charge in [-0.2, -0.15) is 0 Å². The van der Waals surface area contributed by atoms with Crippen LogP contribution in [0.1, 0.15) is 0 Å². The summed E-state index contributed by atoms with van der Waals surface area (Å²) < 4.78 is 12.4. The zero-order chi connectivity index (χ0) is 37.0. The van der Waals surface area contributed by atoms with Crippen LogP contribution >= 0.6 is 0 Å². The molecule has 0 fully saturated rings. The first-order valence-corrected chi connectivity index (χ1v) is 18.8. The first kappa shape index (κ1) is 31.9. The van der Waals surface area contributed by atoms with Gasteiger partial charge in [-0.25, -0.2) is 9.97 Å². The molecule has 11 rings (SSSR count). The van der Waals surface area contributed by atoms with Crippen molar-refractivity contribution in [2.24, 2.45) is 0 Å². The number of nitrogens with zero attached hydrogens (tertiary/aromatic N) is 2. The molecule has 11 aromatic rings. The molecule has 0 bridgehead atoms. The topological polar surface area (TPSA) is 52.1 Å². The van der Waals surface area contributed by atoms with Crippen molar-refractivity contribution in [1.29, 1.82) is 0 Å². The van der Waals surface area contributed by atoms with Crippen LogP contribution in [-0.2, 0) is 0 Å². The third kappa shape index (κ3) is 5.64. The molecule has 0 aliphatic rings. The average molecular weight is 717 g/mol. The van der Waals surface area contributed by atoms with E-state index in [1.54, 1.807) is 0 Å². The van der Waals surface area contributed by atoms with E-state index in [1.165, 1.54) is 0 Å². The zero-order valence-corrected chi connectivity index (χ0v) is 30.2. The molecule has 0 spiro atoms. The standard InChI is InChI=1S/C52H32N2O2/c1-3-12-33(13-4-1)35-16-11-17-37(26-35)46-32-47(54-52(53-46)38-23-25-51-45(31-38)43-19-8-10-21-49(43)56-51)41-28-39(34-14-5-2-6-15-34)27-40(29-41)36-22-24-50-44(30-36)42-18-7-9-20-48(42)55-50/h1-32H. The summed E-state index contributed by atoms with van der Waals surface area (Å²) in [6, 6.07) is 67.6. The van der Waals surface area contributed by atoms with E-state index < -0.39 is 0 Å². The minimum Gasteiger partial charge on any atom is -0.456 e. The molecule has 3 aromatic heterocycles. The average Bonchev–Trinajstić information content (AvgIpc) is 3.84. The molecule has 56 heavy (non-hydrogen) atoms. The maximum atomic E-state index is 6.20. The largest absolute Gasteiger partial charge is 0.456 e. The second-order valence-electron chi connectivity index (χ2n) is 14.2. The molecule has 0 saturated carbocycles. The van der Waals surface area contributed by atoms with Crippen LogP contribution in [0.15, 0.2) is 203 Å². The highest BCUT2D eigenvalue weighted by atomic mass is 16.3. The minimum absolute atomic E-state index is 0.646. The van der Waals surface area contributed by atoms with Crippen molar-refractivity contribution in [3.8, 4) is 67.3 Å². The van der Waals surface area contributed by atoms with E-state index in [9.17, 15) is 0 Å². The van der Waals surface area contributed by atoms with Crippen LogP contribution in [0.5, 0.6) is 0 Å². The predicted molar refractivity (Wildman–Crippen MR) is 229 cm³/mol. The highest BCUT2D eigenvalue weighted by Crippen LogP contribution is 2.39. The Hall–Kier alpha value is -7.56. The predicted octanol–water partition coefficient (Wildman–Crippen LogP) is 14.3. The summed E-state index contributed by atoms with van der Waals surface area (Å²) in [6.45, 7) is 0. The van der Waals surface area contributed by atoms with Gasteiger partial charge in [-0.3, -0.25) is 0 Å². The highest BCUT2D eigenvalue weighted by Gasteiger charge is 2.17. The lowest BCUT2D eigenvalue weighted by atomic mass is 9.93. The summed E-state index contributed by atoms with van der Waals surface area (Å²) in [6.07, 6.45) is 0. The Morgan fingerprint density at radius 3 is 1.34 bits per heavy atom. The molecule has 4 nitrogen and oxygen atoms in total. The Labute approximate surface area is 323 Å². The molecular weight excluding hydrogens is 685 g/mol. The van der Waals surface area contributed by atoms with Crippen molar-refractivity contribution in [1.82, 2.24) is 9.97 Å². The van der Waals surface area contributed by atoms with Gasteiger partial charge in [0.1, 0.15) is 22.3 Å². The summed E-state index contributed by atoms with van der Waals surface area (Å²) in [5.41, 5.74) is 14.8. The fraction of sp³-hybridized carbons (Fsp3) is 0. The van der Waals surface area contributed by atoms with E-state index in [-0.39, 0.29) is 0 Å². The zero-order valence-electron chi connectivity index (χ0n) is 30.2. The van der Waals surface area contributed by atoms with Crippen molar-refractivity contribution in [2.75, 3.05) is 0 Å². The fourth-order valence-electron chi connectivity index (χ4n) is 7.87. The third-order valence-electron chi connectivity index (χ3n) is 10.7. The normalized spacial score (nSPS) is 11.6. The Balaban J connectivity index is 1.13. The van der Waals surface area contributed by atoms with Crippen LogP contribution in [0, 0.1) is 0 Å². The van der Waals surface area contributed by atoms with Crippen LogP contribution in [0.25, 0.3) is 111 Å². The van der Waals surface area contributed by atoms with E-state index in [2.05, 4.69) is 152 Å². The van der Waals surface area contributed by atoms with Crippen molar-refractivity contribution in [3.63, 3.8) is 0 Å². The first-order chi connectivity index (χ1) is 27.7. The molecule has 3 heterocycles. The van der Waals surface area contributed by atoms with Crippen LogP contribution in [0.4, 0.5) is 0 Å². The van der Waals surface area contributed by atoms with Crippen LogP contribution < -0.4 is 0 Å². The van der Waals surface area contributed by atoms with Gasteiger partial charge in [0.25, 0.3) is 0 Å². The molecule has 0 radical (unpaired) electrons. The van der Waals surface area contributed by atoms with Crippen molar-refractivity contribution in [3.05, 3.63) is 194 Å². The van der Waals surface area contributed by atoms with Gasteiger partial charge in [-0.1, -0.05) is 121 Å². The second-order valence-corrected chi connectivity index (χ2v) is 14.2. The lowest BCUT2D eigenvalue weighted by Gasteiger charge is -2.14. The quantitative estimate of drug-likeness (QED) is 0.172. The summed E-state index contributed by atoms with van der Waals surface area (Å²) in [5, 5.41) is 4.31. The van der Waals surface area contributed by atoms with Crippen molar-refractivity contribution < 1.29 is 8.83 Å². The molecule has 262 valence electrons. The SMILES string of the molecule is c1ccc(-c2cccc(-c3cc(-c4cc(-c5ccccc5)cc(-c5ccc6oc7ccccc7c6c5)c4)nc(-c4ccc5oc6ccccc6c5c4)n3)c2)cc1. The number of aromatic nitrogens is 2. The summed E-state index contributed by atoms with van der Waals surface area (Å²) in [4.78, 5) is 10.6. The van der Waals surface area contributed by atoms with Gasteiger partial charge in [-0.15, -0.1) is 0 Å². The third-order valence-corrected chi connectivity index (χ3v) is 10.7. The maximum absolute atomic E-state index is 6.20. The first-order valence-electron chi connectivity index (χ1n) is 18.8. The maximum Gasteiger partial charge on any atom is 0.160 e. The number of rotatable bonds is 6. The van der Waals surface area contributed by atoms with E-state index >= 15 is 0 Å².